The Kier molecular flexibility index (Phi) is 5.10. The molecule has 0 bridgehead atoms. The van der Waals surface area contributed by atoms with Gasteiger partial charge in [-0.2, -0.15) is 0 Å². The minimum Gasteiger partial charge on any atom is -0.497 e. The average molecular weight is 481 g/mol. The van der Waals surface area contributed by atoms with Crippen molar-refractivity contribution in [2.24, 2.45) is 5.92 Å². The molecule has 4 amide bonds. The van der Waals surface area contributed by atoms with E-state index in [1.165, 1.54) is 0 Å². The number of methoxy groups -OCH3 is 1. The fourth-order valence-corrected chi connectivity index (χ4v) is 5.35. The monoisotopic (exact) mass is 480 g/mol. The summed E-state index contributed by atoms with van der Waals surface area (Å²) in [5.41, 5.74) is 3.18. The summed E-state index contributed by atoms with van der Waals surface area (Å²) < 4.78 is 5.26. The minimum absolute atomic E-state index is 0.0697. The summed E-state index contributed by atoms with van der Waals surface area (Å²) >= 11 is 0. The third kappa shape index (κ3) is 3.53. The molecule has 1 saturated heterocycles. The second kappa shape index (κ2) is 8.34. The van der Waals surface area contributed by atoms with E-state index in [0.29, 0.717) is 24.3 Å². The molecule has 2 aromatic carbocycles. The lowest BCUT2D eigenvalue weighted by Crippen LogP contribution is -2.59. The molecular formula is C28H24N4O4. The molecule has 8 heteroatoms. The van der Waals surface area contributed by atoms with Crippen LogP contribution < -0.4 is 15.4 Å². The van der Waals surface area contributed by atoms with Crippen LogP contribution in [0.15, 0.2) is 73.0 Å². The number of allylic oxidation sites excluding steroid dienone is 3. The van der Waals surface area contributed by atoms with Gasteiger partial charge in [-0.15, -0.1) is 0 Å². The van der Waals surface area contributed by atoms with Crippen molar-refractivity contribution in [3.05, 3.63) is 89.6 Å². The first-order valence-corrected chi connectivity index (χ1v) is 11.8. The van der Waals surface area contributed by atoms with Gasteiger partial charge in [0.15, 0.2) is 0 Å². The van der Waals surface area contributed by atoms with Crippen molar-refractivity contribution in [2.45, 2.75) is 18.5 Å². The van der Waals surface area contributed by atoms with Gasteiger partial charge in [0.05, 0.1) is 19.2 Å². The Hall–Kier alpha value is -4.46. The zero-order valence-electron chi connectivity index (χ0n) is 19.7. The molecule has 1 unspecified atom stereocenters. The molecule has 2 aliphatic heterocycles. The number of carbonyl (C=O) groups is 3. The first kappa shape index (κ1) is 22.0. The number of nitrogens with zero attached hydrogens (tertiary/aromatic N) is 2. The van der Waals surface area contributed by atoms with Gasteiger partial charge in [-0.25, -0.2) is 4.79 Å². The molecule has 8 nitrogen and oxygen atoms in total. The molecule has 0 saturated carbocycles. The first-order chi connectivity index (χ1) is 17.5. The van der Waals surface area contributed by atoms with E-state index in [1.54, 1.807) is 24.3 Å². The lowest BCUT2D eigenvalue weighted by Gasteiger charge is -2.37. The van der Waals surface area contributed by atoms with Crippen molar-refractivity contribution in [1.82, 2.24) is 20.5 Å². The van der Waals surface area contributed by atoms with Crippen LogP contribution in [0.5, 0.6) is 5.75 Å². The lowest BCUT2D eigenvalue weighted by molar-refractivity contribution is -0.125. The number of amides is 4. The number of urea groups is 1. The highest BCUT2D eigenvalue weighted by Crippen LogP contribution is 2.36. The third-order valence-electron chi connectivity index (χ3n) is 7.27. The van der Waals surface area contributed by atoms with Gasteiger partial charge >= 0.3 is 6.03 Å². The summed E-state index contributed by atoms with van der Waals surface area (Å²) in [5, 5.41) is 6.29. The summed E-state index contributed by atoms with van der Waals surface area (Å²) in [4.78, 5) is 44.6. The van der Waals surface area contributed by atoms with Gasteiger partial charge in [-0.3, -0.25) is 19.9 Å². The van der Waals surface area contributed by atoms with Crippen molar-refractivity contribution in [3.8, 4) is 5.75 Å². The first-order valence-electron chi connectivity index (χ1n) is 11.8. The highest BCUT2D eigenvalue weighted by atomic mass is 16.5. The highest BCUT2D eigenvalue weighted by molar-refractivity contribution is 6.08. The quantitative estimate of drug-likeness (QED) is 0.545. The van der Waals surface area contributed by atoms with Crippen LogP contribution in [0.1, 0.15) is 27.9 Å². The van der Waals surface area contributed by atoms with Crippen molar-refractivity contribution >= 4 is 34.3 Å². The van der Waals surface area contributed by atoms with Crippen LogP contribution >= 0.6 is 0 Å². The maximum absolute atomic E-state index is 13.2. The SMILES string of the molecule is COc1ccc2c(c1)C(=O)N(C[C@]1(C3C=CC(c4ccc5ncccc5c4)=CC3)NC(=O)NC1=O)C2. The van der Waals surface area contributed by atoms with Crippen LogP contribution in [-0.2, 0) is 11.3 Å². The van der Waals surface area contributed by atoms with Crippen molar-refractivity contribution in [2.75, 3.05) is 13.7 Å². The molecule has 1 aliphatic carbocycles. The van der Waals surface area contributed by atoms with Gasteiger partial charge in [0.1, 0.15) is 11.3 Å². The van der Waals surface area contributed by atoms with E-state index >= 15 is 0 Å². The topological polar surface area (TPSA) is 101 Å². The molecular weight excluding hydrogens is 456 g/mol. The van der Waals surface area contributed by atoms with Gasteiger partial charge in [-0.05, 0) is 53.5 Å². The number of carbonyl (C=O) groups excluding carboxylic acids is 3. The van der Waals surface area contributed by atoms with E-state index in [0.717, 1.165) is 27.6 Å². The number of benzene rings is 2. The van der Waals surface area contributed by atoms with Crippen LogP contribution in [-0.4, -0.2) is 46.9 Å². The van der Waals surface area contributed by atoms with Crippen molar-refractivity contribution in [1.29, 1.82) is 0 Å². The molecule has 180 valence electrons. The van der Waals surface area contributed by atoms with E-state index in [9.17, 15) is 14.4 Å². The van der Waals surface area contributed by atoms with Gasteiger partial charge < -0.3 is 15.0 Å². The summed E-state index contributed by atoms with van der Waals surface area (Å²) in [6.07, 6.45) is 8.33. The van der Waals surface area contributed by atoms with Crippen LogP contribution in [0.2, 0.25) is 0 Å². The number of hydrogen-bond donors (Lipinski definition) is 2. The van der Waals surface area contributed by atoms with E-state index in [-0.39, 0.29) is 18.4 Å². The highest BCUT2D eigenvalue weighted by Gasteiger charge is 2.53. The molecule has 3 heterocycles. The number of pyridine rings is 1. The largest absolute Gasteiger partial charge is 0.497 e. The zero-order valence-corrected chi connectivity index (χ0v) is 19.7. The predicted octanol–water partition coefficient (Wildman–Crippen LogP) is 3.44. The molecule has 0 spiro atoms. The maximum Gasteiger partial charge on any atom is 0.322 e. The molecule has 3 aliphatic rings. The molecule has 3 aromatic rings. The van der Waals surface area contributed by atoms with E-state index in [1.807, 2.05) is 48.6 Å². The summed E-state index contributed by atoms with van der Waals surface area (Å²) in [7, 11) is 1.55. The lowest BCUT2D eigenvalue weighted by atomic mass is 9.77. The molecule has 2 N–H and O–H groups in total. The number of rotatable bonds is 5. The normalized spacial score (nSPS) is 22.9. The molecule has 36 heavy (non-hydrogen) atoms. The smallest absolute Gasteiger partial charge is 0.322 e. The van der Waals surface area contributed by atoms with E-state index < -0.39 is 17.5 Å². The standard InChI is InChI=1S/C28H24N4O4/c1-36-22-10-6-20-15-32(25(33)23(20)14-22)16-28(26(34)30-27(35)31-28)21-8-4-17(5-9-21)18-7-11-24-19(13-18)3-2-12-29-24/h2-8,10-14,21H,9,15-16H2,1H3,(H2,30,31,34,35)/t21?,28-/m1/s1. The fourth-order valence-electron chi connectivity index (χ4n) is 5.35. The number of fused-ring (bicyclic) bond motifs is 2. The van der Waals surface area contributed by atoms with E-state index in [4.69, 9.17) is 4.74 Å². The summed E-state index contributed by atoms with van der Waals surface area (Å²) in [6.45, 7) is 0.436. The maximum atomic E-state index is 13.2. The molecule has 1 fully saturated rings. The predicted molar refractivity (Wildman–Crippen MR) is 134 cm³/mol. The Labute approximate surface area is 207 Å². The van der Waals surface area contributed by atoms with Gasteiger partial charge in [0.2, 0.25) is 0 Å². The van der Waals surface area contributed by atoms with Crippen LogP contribution in [0.3, 0.4) is 0 Å². The number of ether oxygens (including phenoxy) is 1. The van der Waals surface area contributed by atoms with Crippen LogP contribution in [0.25, 0.3) is 16.5 Å². The number of imide groups is 1. The molecule has 1 aromatic heterocycles. The minimum atomic E-state index is -1.26. The number of aromatic nitrogens is 1. The Morgan fingerprint density at radius 3 is 2.78 bits per heavy atom. The average Bonchev–Trinajstić information content (AvgIpc) is 3.38. The van der Waals surface area contributed by atoms with E-state index in [2.05, 4.69) is 27.8 Å². The van der Waals surface area contributed by atoms with Crippen LogP contribution in [0.4, 0.5) is 4.79 Å². The summed E-state index contributed by atoms with van der Waals surface area (Å²) in [6, 6.07) is 14.9. The second-order valence-corrected chi connectivity index (χ2v) is 9.34. The number of nitrogens with one attached hydrogen (secondary N) is 2. The van der Waals surface area contributed by atoms with Gasteiger partial charge in [0, 0.05) is 29.6 Å². The summed E-state index contributed by atoms with van der Waals surface area (Å²) in [5.74, 6) is -0.320. The van der Waals surface area contributed by atoms with Crippen molar-refractivity contribution < 1.29 is 19.1 Å². The molecule has 6 rings (SSSR count). The zero-order chi connectivity index (χ0) is 24.9. The van der Waals surface area contributed by atoms with Gasteiger partial charge in [-0.1, -0.05) is 36.4 Å². The Bertz CT molecular complexity index is 1490. The third-order valence-corrected chi connectivity index (χ3v) is 7.27. The Morgan fingerprint density at radius 1 is 1.14 bits per heavy atom. The molecule has 0 radical (unpaired) electrons. The Balaban J connectivity index is 1.27. The Morgan fingerprint density at radius 2 is 2.03 bits per heavy atom. The van der Waals surface area contributed by atoms with Gasteiger partial charge in [0.25, 0.3) is 11.8 Å². The number of hydrogen-bond acceptors (Lipinski definition) is 5. The van der Waals surface area contributed by atoms with Crippen molar-refractivity contribution in [3.63, 3.8) is 0 Å². The second-order valence-electron chi connectivity index (χ2n) is 9.34. The molecule has 2 atom stereocenters. The van der Waals surface area contributed by atoms with Crippen LogP contribution in [0, 0.1) is 5.92 Å². The fraction of sp³-hybridized carbons (Fsp3) is 0.214.